The lowest BCUT2D eigenvalue weighted by molar-refractivity contribution is -0.200. The van der Waals surface area contributed by atoms with Crippen molar-refractivity contribution in [3.63, 3.8) is 0 Å². The molecule has 32 heavy (non-hydrogen) atoms. The first-order valence-electron chi connectivity index (χ1n) is 10.8. The summed E-state index contributed by atoms with van der Waals surface area (Å²) < 4.78 is 11.7. The highest BCUT2D eigenvalue weighted by molar-refractivity contribution is 7.99. The lowest BCUT2D eigenvalue weighted by atomic mass is 9.88. The summed E-state index contributed by atoms with van der Waals surface area (Å²) in [5.74, 6) is 0. The van der Waals surface area contributed by atoms with Crippen LogP contribution >= 0.6 is 11.8 Å². The van der Waals surface area contributed by atoms with Gasteiger partial charge in [0.1, 0.15) is 36.0 Å². The van der Waals surface area contributed by atoms with Gasteiger partial charge in [-0.1, -0.05) is 36.4 Å². The molecule has 7 nitrogen and oxygen atoms in total. The quantitative estimate of drug-likeness (QED) is 0.390. The summed E-state index contributed by atoms with van der Waals surface area (Å²) in [5, 5.41) is 49.3. The first-order valence-corrected chi connectivity index (χ1v) is 12.1. The van der Waals surface area contributed by atoms with Crippen molar-refractivity contribution in [1.82, 2.24) is 0 Å². The number of thioether (sulfide) groups is 1. The van der Waals surface area contributed by atoms with Gasteiger partial charge in [-0.15, -0.1) is 11.8 Å². The van der Waals surface area contributed by atoms with Crippen molar-refractivity contribution in [3.05, 3.63) is 58.7 Å². The average molecular weight is 467 g/mol. The van der Waals surface area contributed by atoms with Gasteiger partial charge in [0.25, 0.3) is 0 Å². The molecular formula is C24H34O7S. The minimum Gasteiger partial charge on any atom is -0.394 e. The van der Waals surface area contributed by atoms with E-state index in [1.807, 2.05) is 44.2 Å². The number of aliphatic hydroxyl groups is 5. The number of benzene rings is 1. The highest BCUT2D eigenvalue weighted by atomic mass is 32.2. The van der Waals surface area contributed by atoms with E-state index in [2.05, 4.69) is 6.08 Å². The van der Waals surface area contributed by atoms with E-state index in [0.717, 1.165) is 22.3 Å². The summed E-state index contributed by atoms with van der Waals surface area (Å²) >= 11 is 1.30. The Balaban J connectivity index is 1.71. The Morgan fingerprint density at radius 1 is 1.22 bits per heavy atom. The Morgan fingerprint density at radius 2 is 1.97 bits per heavy atom. The van der Waals surface area contributed by atoms with Crippen LogP contribution in [0.3, 0.4) is 0 Å². The maximum Gasteiger partial charge on any atom is 0.132 e. The second-order valence-corrected chi connectivity index (χ2v) is 9.71. The zero-order chi connectivity index (χ0) is 23.5. The molecule has 8 heteroatoms. The summed E-state index contributed by atoms with van der Waals surface area (Å²) in [5.41, 5.74) is 2.92. The van der Waals surface area contributed by atoms with Gasteiger partial charge in [-0.05, 0) is 55.2 Å². The van der Waals surface area contributed by atoms with Crippen LogP contribution in [-0.2, 0) is 15.9 Å². The first-order chi connectivity index (χ1) is 15.2. The zero-order valence-corrected chi connectivity index (χ0v) is 19.5. The van der Waals surface area contributed by atoms with Crippen LogP contribution in [0.1, 0.15) is 36.1 Å². The van der Waals surface area contributed by atoms with Crippen molar-refractivity contribution in [2.24, 2.45) is 0 Å². The molecule has 0 radical (unpaired) electrons. The van der Waals surface area contributed by atoms with Gasteiger partial charge in [0.05, 0.1) is 18.8 Å². The lowest BCUT2D eigenvalue weighted by Crippen LogP contribution is -2.52. The molecule has 3 rings (SSSR count). The summed E-state index contributed by atoms with van der Waals surface area (Å²) in [7, 11) is 0. The molecule has 1 aliphatic carbocycles. The van der Waals surface area contributed by atoms with Gasteiger partial charge in [0, 0.05) is 0 Å². The smallest absolute Gasteiger partial charge is 0.132 e. The van der Waals surface area contributed by atoms with Gasteiger partial charge in [0.2, 0.25) is 0 Å². The third-order valence-electron chi connectivity index (χ3n) is 6.13. The molecule has 1 fully saturated rings. The average Bonchev–Trinajstić information content (AvgIpc) is 2.79. The van der Waals surface area contributed by atoms with Gasteiger partial charge < -0.3 is 35.0 Å². The molecule has 2 unspecified atom stereocenters. The Hall–Kier alpha value is -1.23. The molecule has 0 aromatic heterocycles. The van der Waals surface area contributed by atoms with Gasteiger partial charge in [0.15, 0.2) is 0 Å². The van der Waals surface area contributed by atoms with Crippen LogP contribution in [0.4, 0.5) is 0 Å². The Bertz CT molecular complexity index is 840. The van der Waals surface area contributed by atoms with Crippen LogP contribution in [0, 0.1) is 6.92 Å². The third kappa shape index (κ3) is 5.81. The fourth-order valence-corrected chi connectivity index (χ4v) is 4.60. The number of allylic oxidation sites excluding steroid dienone is 2. The highest BCUT2D eigenvalue weighted by Gasteiger charge is 2.44. The largest absolute Gasteiger partial charge is 0.394 e. The standard InChI is InChI=1S/C24H34O7S/c1-14-4-5-16(22-20(28)19(27)21(29)23(31-22)32-3)11-17(14)10-15-6-8-24(2,9-7-15)30-13-18(26)12-25/h4-8,11,18-23,25-29H,9-10,12-13H2,1-3H3/t18?,19-,20-,21+,22+,23-,24?/m1/s1. The number of aryl methyl sites for hydroxylation is 1. The van der Waals surface area contributed by atoms with Crippen molar-refractivity contribution in [2.45, 2.75) is 68.2 Å². The minimum absolute atomic E-state index is 0.0724. The van der Waals surface area contributed by atoms with Gasteiger partial charge >= 0.3 is 0 Å². The predicted octanol–water partition coefficient (Wildman–Crippen LogP) is 1.40. The molecule has 1 saturated heterocycles. The van der Waals surface area contributed by atoms with E-state index in [0.29, 0.717) is 12.8 Å². The molecule has 1 aromatic rings. The topological polar surface area (TPSA) is 120 Å². The van der Waals surface area contributed by atoms with Gasteiger partial charge in [-0.3, -0.25) is 0 Å². The third-order valence-corrected chi connectivity index (χ3v) is 6.99. The highest BCUT2D eigenvalue weighted by Crippen LogP contribution is 2.36. The monoisotopic (exact) mass is 466 g/mol. The summed E-state index contributed by atoms with van der Waals surface area (Å²) in [6, 6.07) is 5.85. The molecule has 1 heterocycles. The predicted molar refractivity (Wildman–Crippen MR) is 123 cm³/mol. The number of hydrogen-bond acceptors (Lipinski definition) is 8. The van der Waals surface area contributed by atoms with E-state index in [1.54, 1.807) is 6.26 Å². The van der Waals surface area contributed by atoms with Crippen molar-refractivity contribution in [2.75, 3.05) is 19.5 Å². The van der Waals surface area contributed by atoms with E-state index >= 15 is 0 Å². The molecule has 7 atom stereocenters. The molecule has 0 spiro atoms. The Morgan fingerprint density at radius 3 is 2.59 bits per heavy atom. The SMILES string of the molecule is CS[C@H]1O[C@@H](c2ccc(C)c(CC3=CCC(C)(OCC(O)CO)C=C3)c2)[C@H](O)[C@@H](O)[C@@H]1O. The number of hydrogen-bond donors (Lipinski definition) is 5. The summed E-state index contributed by atoms with van der Waals surface area (Å²) in [6.07, 6.45) is 3.96. The van der Waals surface area contributed by atoms with Crippen molar-refractivity contribution in [1.29, 1.82) is 0 Å². The lowest BCUT2D eigenvalue weighted by Gasteiger charge is -2.40. The van der Waals surface area contributed by atoms with Gasteiger partial charge in [-0.25, -0.2) is 0 Å². The van der Waals surface area contributed by atoms with E-state index < -0.39 is 41.6 Å². The van der Waals surface area contributed by atoms with Crippen LogP contribution in [0.5, 0.6) is 0 Å². The molecule has 1 aromatic carbocycles. The van der Waals surface area contributed by atoms with Crippen molar-refractivity contribution >= 4 is 11.8 Å². The van der Waals surface area contributed by atoms with E-state index in [1.165, 1.54) is 11.8 Å². The van der Waals surface area contributed by atoms with Crippen molar-refractivity contribution in [3.8, 4) is 0 Å². The second-order valence-electron chi connectivity index (χ2n) is 8.77. The van der Waals surface area contributed by atoms with Crippen LogP contribution in [0.2, 0.25) is 0 Å². The van der Waals surface area contributed by atoms with E-state index in [4.69, 9.17) is 14.6 Å². The van der Waals surface area contributed by atoms with Crippen LogP contribution in [0.15, 0.2) is 42.0 Å². The molecule has 0 amide bonds. The molecule has 2 aliphatic rings. The molecule has 0 bridgehead atoms. The van der Waals surface area contributed by atoms with Crippen LogP contribution in [0.25, 0.3) is 0 Å². The summed E-state index contributed by atoms with van der Waals surface area (Å²) in [6.45, 7) is 3.71. The van der Waals surface area contributed by atoms with Gasteiger partial charge in [-0.2, -0.15) is 0 Å². The van der Waals surface area contributed by atoms with Crippen LogP contribution < -0.4 is 0 Å². The Kier molecular flexibility index (Phi) is 8.57. The minimum atomic E-state index is -1.28. The normalized spacial score (nSPS) is 33.8. The number of ether oxygens (including phenoxy) is 2. The van der Waals surface area contributed by atoms with E-state index in [9.17, 15) is 20.4 Å². The van der Waals surface area contributed by atoms with Crippen molar-refractivity contribution < 1.29 is 35.0 Å². The summed E-state index contributed by atoms with van der Waals surface area (Å²) in [4.78, 5) is 0. The first kappa shape index (κ1) is 25.4. The van der Waals surface area contributed by atoms with E-state index in [-0.39, 0.29) is 13.2 Å². The Labute approximate surface area is 193 Å². The van der Waals surface area contributed by atoms with Crippen LogP contribution in [-0.4, -0.2) is 80.5 Å². The maximum absolute atomic E-state index is 10.5. The fraction of sp³-hybridized carbons (Fsp3) is 0.583. The number of rotatable bonds is 8. The molecule has 1 aliphatic heterocycles. The number of aliphatic hydroxyl groups excluding tert-OH is 5. The molecule has 5 N–H and O–H groups in total. The molecule has 178 valence electrons. The molecule has 0 saturated carbocycles. The molecular weight excluding hydrogens is 432 g/mol. The zero-order valence-electron chi connectivity index (χ0n) is 18.7. The fourth-order valence-electron chi connectivity index (χ4n) is 3.93. The second kappa shape index (κ2) is 10.8. The maximum atomic E-state index is 10.5.